The van der Waals surface area contributed by atoms with Crippen molar-refractivity contribution in [1.29, 1.82) is 0 Å². The van der Waals surface area contributed by atoms with Crippen molar-refractivity contribution in [2.75, 3.05) is 40.5 Å². The molecular formula is C13H20BNO5. The van der Waals surface area contributed by atoms with Crippen molar-refractivity contribution in [2.45, 2.75) is 6.54 Å². The second-order valence-electron chi connectivity index (χ2n) is 4.68. The zero-order valence-corrected chi connectivity index (χ0v) is 11.8. The maximum absolute atomic E-state index is 9.43. The SMILES string of the molecule is COc1cc(CN2CCOCC2)cc(OC)c1B(O)O. The minimum Gasteiger partial charge on any atom is -0.497 e. The van der Waals surface area contributed by atoms with Crippen LogP contribution < -0.4 is 14.9 Å². The van der Waals surface area contributed by atoms with Crippen LogP contribution in [0.5, 0.6) is 11.5 Å². The molecule has 2 rings (SSSR count). The summed E-state index contributed by atoms with van der Waals surface area (Å²) < 4.78 is 15.8. The Balaban J connectivity index is 2.25. The number of rotatable bonds is 5. The number of benzene rings is 1. The minimum absolute atomic E-state index is 0.251. The van der Waals surface area contributed by atoms with Gasteiger partial charge in [0.1, 0.15) is 11.5 Å². The van der Waals surface area contributed by atoms with E-state index < -0.39 is 7.12 Å². The van der Waals surface area contributed by atoms with Gasteiger partial charge in [0.2, 0.25) is 0 Å². The molecule has 0 atom stereocenters. The molecule has 1 aromatic carbocycles. The Labute approximate surface area is 119 Å². The molecule has 1 aliphatic heterocycles. The van der Waals surface area contributed by atoms with Crippen molar-refractivity contribution >= 4 is 12.6 Å². The number of hydrogen-bond acceptors (Lipinski definition) is 6. The molecule has 2 N–H and O–H groups in total. The third kappa shape index (κ3) is 3.43. The second-order valence-corrected chi connectivity index (χ2v) is 4.68. The second kappa shape index (κ2) is 6.94. The van der Waals surface area contributed by atoms with E-state index in [9.17, 15) is 10.0 Å². The van der Waals surface area contributed by atoms with E-state index in [0.717, 1.165) is 38.4 Å². The van der Waals surface area contributed by atoms with E-state index in [1.54, 1.807) is 0 Å². The summed E-state index contributed by atoms with van der Waals surface area (Å²) in [5.74, 6) is 0.838. The third-order valence-electron chi connectivity index (χ3n) is 3.37. The first-order chi connectivity index (χ1) is 9.65. The maximum atomic E-state index is 9.43. The molecule has 0 radical (unpaired) electrons. The molecular weight excluding hydrogens is 261 g/mol. The summed E-state index contributed by atoms with van der Waals surface area (Å²) in [5, 5.41) is 18.9. The summed E-state index contributed by atoms with van der Waals surface area (Å²) >= 11 is 0. The van der Waals surface area contributed by atoms with Gasteiger partial charge in [0, 0.05) is 19.6 Å². The van der Waals surface area contributed by atoms with Gasteiger partial charge in [-0.1, -0.05) is 0 Å². The quantitative estimate of drug-likeness (QED) is 0.690. The minimum atomic E-state index is -1.63. The Morgan fingerprint density at radius 3 is 2.15 bits per heavy atom. The van der Waals surface area contributed by atoms with Gasteiger partial charge < -0.3 is 24.3 Å². The molecule has 0 bridgehead atoms. The molecule has 1 fully saturated rings. The summed E-state index contributed by atoms with van der Waals surface area (Å²) in [5.41, 5.74) is 1.26. The van der Waals surface area contributed by atoms with Crippen LogP contribution >= 0.6 is 0 Å². The third-order valence-corrected chi connectivity index (χ3v) is 3.37. The van der Waals surface area contributed by atoms with Crippen LogP contribution in [-0.4, -0.2) is 62.6 Å². The Kier molecular flexibility index (Phi) is 5.25. The highest BCUT2D eigenvalue weighted by Gasteiger charge is 2.24. The Morgan fingerprint density at radius 2 is 1.70 bits per heavy atom. The average Bonchev–Trinajstić information content (AvgIpc) is 2.46. The predicted octanol–water partition coefficient (Wildman–Crippen LogP) is -0.784. The van der Waals surface area contributed by atoms with E-state index in [2.05, 4.69) is 4.90 Å². The molecule has 1 aromatic rings. The molecule has 20 heavy (non-hydrogen) atoms. The topological polar surface area (TPSA) is 71.4 Å². The van der Waals surface area contributed by atoms with Crippen molar-refractivity contribution < 1.29 is 24.3 Å². The van der Waals surface area contributed by atoms with Gasteiger partial charge in [-0.15, -0.1) is 0 Å². The van der Waals surface area contributed by atoms with Gasteiger partial charge in [-0.3, -0.25) is 4.90 Å². The maximum Gasteiger partial charge on any atom is 0.496 e. The van der Waals surface area contributed by atoms with Crippen molar-refractivity contribution in [2.24, 2.45) is 0 Å². The van der Waals surface area contributed by atoms with Crippen LogP contribution in [0.15, 0.2) is 12.1 Å². The molecule has 0 aliphatic carbocycles. The summed E-state index contributed by atoms with van der Waals surface area (Å²) in [6, 6.07) is 3.62. The van der Waals surface area contributed by atoms with Gasteiger partial charge in [-0.25, -0.2) is 0 Å². The first-order valence-electron chi connectivity index (χ1n) is 6.56. The summed E-state index contributed by atoms with van der Waals surface area (Å²) in [7, 11) is 1.37. The highest BCUT2D eigenvalue weighted by Crippen LogP contribution is 2.22. The zero-order valence-electron chi connectivity index (χ0n) is 11.8. The monoisotopic (exact) mass is 281 g/mol. The standard InChI is InChI=1S/C13H20BNO5/c1-18-11-7-10(9-15-3-5-20-6-4-15)8-12(19-2)13(11)14(16)17/h7-8,16-17H,3-6,9H2,1-2H3. The van der Waals surface area contributed by atoms with Crippen molar-refractivity contribution in [1.82, 2.24) is 4.90 Å². The van der Waals surface area contributed by atoms with Crippen LogP contribution in [0.2, 0.25) is 0 Å². The summed E-state index contributed by atoms with van der Waals surface area (Å²) in [6.45, 7) is 3.99. The molecule has 0 spiro atoms. The van der Waals surface area contributed by atoms with Crippen LogP contribution in [0.3, 0.4) is 0 Å². The van der Waals surface area contributed by atoms with Crippen molar-refractivity contribution in [3.63, 3.8) is 0 Å². The van der Waals surface area contributed by atoms with E-state index in [1.165, 1.54) is 14.2 Å². The van der Waals surface area contributed by atoms with Gasteiger partial charge in [0.15, 0.2) is 0 Å². The zero-order chi connectivity index (χ0) is 14.5. The number of methoxy groups -OCH3 is 2. The fourth-order valence-electron chi connectivity index (χ4n) is 2.36. The smallest absolute Gasteiger partial charge is 0.496 e. The molecule has 1 aliphatic rings. The number of hydrogen-bond donors (Lipinski definition) is 2. The molecule has 1 heterocycles. The lowest BCUT2D eigenvalue weighted by molar-refractivity contribution is 0.0341. The van der Waals surface area contributed by atoms with Gasteiger partial charge in [-0.2, -0.15) is 0 Å². The van der Waals surface area contributed by atoms with E-state index in [-0.39, 0.29) is 5.46 Å². The fraction of sp³-hybridized carbons (Fsp3) is 0.538. The predicted molar refractivity (Wildman–Crippen MR) is 75.5 cm³/mol. The Morgan fingerprint density at radius 1 is 1.15 bits per heavy atom. The molecule has 0 amide bonds. The van der Waals surface area contributed by atoms with Crippen LogP contribution in [0.1, 0.15) is 5.56 Å². The Bertz CT molecular complexity index is 423. The van der Waals surface area contributed by atoms with Gasteiger partial charge >= 0.3 is 7.12 Å². The molecule has 6 nitrogen and oxygen atoms in total. The van der Waals surface area contributed by atoms with Gasteiger partial charge in [-0.05, 0) is 17.7 Å². The highest BCUT2D eigenvalue weighted by atomic mass is 16.5. The average molecular weight is 281 g/mol. The van der Waals surface area contributed by atoms with Crippen molar-refractivity contribution in [3.8, 4) is 11.5 Å². The van der Waals surface area contributed by atoms with E-state index in [4.69, 9.17) is 14.2 Å². The largest absolute Gasteiger partial charge is 0.497 e. The van der Waals surface area contributed by atoms with E-state index in [1.807, 2.05) is 12.1 Å². The van der Waals surface area contributed by atoms with Gasteiger partial charge in [0.05, 0.1) is 32.9 Å². The fourth-order valence-corrected chi connectivity index (χ4v) is 2.36. The van der Waals surface area contributed by atoms with Gasteiger partial charge in [0.25, 0.3) is 0 Å². The molecule has 0 saturated carbocycles. The van der Waals surface area contributed by atoms with E-state index in [0.29, 0.717) is 11.5 Å². The lowest BCUT2D eigenvalue weighted by Gasteiger charge is -2.27. The molecule has 110 valence electrons. The summed E-state index contributed by atoms with van der Waals surface area (Å²) in [6.07, 6.45) is 0. The van der Waals surface area contributed by atoms with Crippen LogP contribution in [0.25, 0.3) is 0 Å². The summed E-state index contributed by atoms with van der Waals surface area (Å²) in [4.78, 5) is 2.27. The highest BCUT2D eigenvalue weighted by molar-refractivity contribution is 6.61. The molecule has 1 saturated heterocycles. The molecule has 0 unspecified atom stereocenters. The van der Waals surface area contributed by atoms with Crippen molar-refractivity contribution in [3.05, 3.63) is 17.7 Å². The number of ether oxygens (including phenoxy) is 3. The van der Waals surface area contributed by atoms with Crippen LogP contribution in [-0.2, 0) is 11.3 Å². The lowest BCUT2D eigenvalue weighted by atomic mass is 9.78. The van der Waals surface area contributed by atoms with Crippen LogP contribution in [0, 0.1) is 0 Å². The lowest BCUT2D eigenvalue weighted by Crippen LogP contribution is -2.36. The number of morpholine rings is 1. The Hall–Kier alpha value is -1.28. The normalized spacial score (nSPS) is 16.0. The first-order valence-corrected chi connectivity index (χ1v) is 6.56. The molecule has 7 heteroatoms. The van der Waals surface area contributed by atoms with E-state index >= 15 is 0 Å². The van der Waals surface area contributed by atoms with Crippen LogP contribution in [0.4, 0.5) is 0 Å². The first kappa shape index (κ1) is 15.1. The number of nitrogens with zero attached hydrogens (tertiary/aromatic N) is 1. The molecule has 0 aromatic heterocycles.